The molecule has 0 bridgehead atoms. The molecule has 6 nitrogen and oxygen atoms in total. The number of amidine groups is 1. The van der Waals surface area contributed by atoms with Gasteiger partial charge in [-0.15, -0.1) is 0 Å². The summed E-state index contributed by atoms with van der Waals surface area (Å²) in [7, 11) is 1.51. The van der Waals surface area contributed by atoms with Crippen LogP contribution in [0.15, 0.2) is 78.9 Å². The molecule has 3 aromatic rings. The molecule has 0 radical (unpaired) electrons. The average molecular weight is 403 g/mol. The second-order valence-corrected chi connectivity index (χ2v) is 6.79. The van der Waals surface area contributed by atoms with Crippen LogP contribution in [0.25, 0.3) is 0 Å². The van der Waals surface area contributed by atoms with Gasteiger partial charge in [0.05, 0.1) is 0 Å². The zero-order valence-electron chi connectivity index (χ0n) is 16.8. The quantitative estimate of drug-likeness (QED) is 0.376. The van der Waals surface area contributed by atoms with Crippen molar-refractivity contribution in [3.63, 3.8) is 0 Å². The highest BCUT2D eigenvalue weighted by Gasteiger charge is 2.19. The highest BCUT2D eigenvalue weighted by molar-refractivity contribution is 5.94. The lowest BCUT2D eigenvalue weighted by Gasteiger charge is -2.16. The first kappa shape index (κ1) is 21.1. The number of carbonyl (C=O) groups excluding carboxylic acids is 1. The van der Waals surface area contributed by atoms with Crippen molar-refractivity contribution in [1.82, 2.24) is 5.32 Å². The van der Waals surface area contributed by atoms with Crippen LogP contribution in [0.3, 0.4) is 0 Å². The van der Waals surface area contributed by atoms with Crippen LogP contribution in [0.4, 0.5) is 0 Å². The summed E-state index contributed by atoms with van der Waals surface area (Å²) in [4.78, 5) is 12.6. The SMILES string of the molecule is COC(C(=O)NCc1ccc(C(=N)N)cc1)c1ccc(OCc2ccccc2)cc1. The van der Waals surface area contributed by atoms with Gasteiger partial charge in [0.2, 0.25) is 0 Å². The Bertz CT molecular complexity index is 971. The molecule has 0 fully saturated rings. The van der Waals surface area contributed by atoms with E-state index < -0.39 is 6.10 Å². The van der Waals surface area contributed by atoms with Gasteiger partial charge in [-0.3, -0.25) is 10.2 Å². The molecule has 0 saturated heterocycles. The molecule has 4 N–H and O–H groups in total. The molecule has 1 amide bonds. The highest BCUT2D eigenvalue weighted by atomic mass is 16.5. The molecule has 0 aromatic heterocycles. The molecule has 154 valence electrons. The second-order valence-electron chi connectivity index (χ2n) is 6.79. The van der Waals surface area contributed by atoms with E-state index in [4.69, 9.17) is 20.6 Å². The van der Waals surface area contributed by atoms with Crippen LogP contribution >= 0.6 is 0 Å². The molecule has 6 heteroatoms. The van der Waals surface area contributed by atoms with Crippen molar-refractivity contribution in [2.45, 2.75) is 19.3 Å². The molecule has 0 heterocycles. The molecular weight excluding hydrogens is 378 g/mol. The van der Waals surface area contributed by atoms with E-state index in [2.05, 4.69) is 5.32 Å². The Balaban J connectivity index is 1.56. The predicted molar refractivity (Wildman–Crippen MR) is 116 cm³/mol. The third kappa shape index (κ3) is 5.68. The minimum Gasteiger partial charge on any atom is -0.489 e. The van der Waals surface area contributed by atoms with E-state index in [0.29, 0.717) is 18.7 Å². The smallest absolute Gasteiger partial charge is 0.254 e. The number of nitrogens with two attached hydrogens (primary N) is 1. The number of benzene rings is 3. The van der Waals surface area contributed by atoms with Gasteiger partial charge in [0, 0.05) is 19.2 Å². The van der Waals surface area contributed by atoms with Gasteiger partial charge in [0.1, 0.15) is 18.2 Å². The van der Waals surface area contributed by atoms with Gasteiger partial charge < -0.3 is 20.5 Å². The molecule has 0 saturated carbocycles. The third-order valence-corrected chi connectivity index (χ3v) is 4.64. The number of nitrogens with one attached hydrogen (secondary N) is 2. The van der Waals surface area contributed by atoms with Crippen molar-refractivity contribution in [1.29, 1.82) is 5.41 Å². The van der Waals surface area contributed by atoms with Crippen LogP contribution in [0.5, 0.6) is 5.75 Å². The molecule has 3 rings (SSSR count). The molecule has 30 heavy (non-hydrogen) atoms. The Labute approximate surface area is 176 Å². The topological polar surface area (TPSA) is 97.4 Å². The van der Waals surface area contributed by atoms with Crippen LogP contribution in [-0.4, -0.2) is 18.9 Å². The summed E-state index contributed by atoms with van der Waals surface area (Å²) in [6.07, 6.45) is -0.718. The first-order chi connectivity index (χ1) is 14.6. The van der Waals surface area contributed by atoms with E-state index in [9.17, 15) is 4.79 Å². The lowest BCUT2D eigenvalue weighted by Crippen LogP contribution is -2.30. The van der Waals surface area contributed by atoms with Gasteiger partial charge in [-0.05, 0) is 28.8 Å². The predicted octanol–water partition coefficient (Wildman–Crippen LogP) is 3.55. The molecule has 0 aliphatic heterocycles. The van der Waals surface area contributed by atoms with E-state index in [0.717, 1.165) is 22.4 Å². The maximum atomic E-state index is 12.6. The zero-order chi connectivity index (χ0) is 21.3. The van der Waals surface area contributed by atoms with Crippen LogP contribution in [0, 0.1) is 5.41 Å². The van der Waals surface area contributed by atoms with E-state index in [1.54, 1.807) is 12.1 Å². The standard InChI is InChI=1S/C24H25N3O3/c1-29-22(24(28)27-15-17-7-9-20(10-8-17)23(25)26)19-11-13-21(14-12-19)30-16-18-5-3-2-4-6-18/h2-14,22H,15-16H2,1H3,(H3,25,26)(H,27,28). The summed E-state index contributed by atoms with van der Waals surface area (Å²) in [6, 6.07) is 24.4. The molecule has 0 aliphatic rings. The normalized spacial score (nSPS) is 11.5. The van der Waals surface area contributed by atoms with Crippen LogP contribution in [0.1, 0.15) is 28.4 Å². The minimum absolute atomic E-state index is 0.0150. The number of methoxy groups -OCH3 is 1. The largest absolute Gasteiger partial charge is 0.489 e. The first-order valence-corrected chi connectivity index (χ1v) is 9.57. The number of nitrogen functional groups attached to an aromatic ring is 1. The monoisotopic (exact) mass is 403 g/mol. The maximum absolute atomic E-state index is 12.6. The van der Waals surface area contributed by atoms with Gasteiger partial charge in [-0.25, -0.2) is 0 Å². The number of hydrogen-bond donors (Lipinski definition) is 3. The first-order valence-electron chi connectivity index (χ1n) is 9.57. The fourth-order valence-electron chi connectivity index (χ4n) is 2.96. The van der Waals surface area contributed by atoms with Gasteiger partial charge in [0.15, 0.2) is 6.10 Å². The number of rotatable bonds is 9. The van der Waals surface area contributed by atoms with Crippen molar-refractivity contribution < 1.29 is 14.3 Å². The Morgan fingerprint density at radius 2 is 1.63 bits per heavy atom. The van der Waals surface area contributed by atoms with Crippen molar-refractivity contribution in [3.8, 4) is 5.75 Å². The fourth-order valence-corrected chi connectivity index (χ4v) is 2.96. The van der Waals surface area contributed by atoms with Gasteiger partial charge >= 0.3 is 0 Å². The Kier molecular flexibility index (Phi) is 7.19. The van der Waals surface area contributed by atoms with Crippen LogP contribution < -0.4 is 15.8 Å². The molecule has 3 aromatic carbocycles. The summed E-state index contributed by atoms with van der Waals surface area (Å²) in [6.45, 7) is 0.839. The lowest BCUT2D eigenvalue weighted by atomic mass is 10.1. The molecule has 1 atom stereocenters. The van der Waals surface area contributed by atoms with Gasteiger partial charge in [0.25, 0.3) is 5.91 Å². The Morgan fingerprint density at radius 1 is 0.967 bits per heavy atom. The molecule has 0 aliphatic carbocycles. The molecule has 1 unspecified atom stereocenters. The van der Waals surface area contributed by atoms with Gasteiger partial charge in [-0.2, -0.15) is 0 Å². The number of amides is 1. The molecular formula is C24H25N3O3. The van der Waals surface area contributed by atoms with Crippen LogP contribution in [-0.2, 0) is 22.7 Å². The second kappa shape index (κ2) is 10.2. The summed E-state index contributed by atoms with van der Waals surface area (Å²) in [5, 5.41) is 10.3. The van der Waals surface area contributed by atoms with Crippen molar-refractivity contribution >= 4 is 11.7 Å². The Morgan fingerprint density at radius 3 is 2.23 bits per heavy atom. The Hall–Kier alpha value is -3.64. The summed E-state index contributed by atoms with van der Waals surface area (Å²) >= 11 is 0. The summed E-state index contributed by atoms with van der Waals surface area (Å²) in [5.74, 6) is 0.510. The average Bonchev–Trinajstić information content (AvgIpc) is 2.78. The van der Waals surface area contributed by atoms with E-state index in [-0.39, 0.29) is 11.7 Å². The summed E-state index contributed by atoms with van der Waals surface area (Å²) in [5.41, 5.74) is 8.85. The minimum atomic E-state index is -0.718. The highest BCUT2D eigenvalue weighted by Crippen LogP contribution is 2.21. The van der Waals surface area contributed by atoms with Crippen molar-refractivity contribution in [2.24, 2.45) is 5.73 Å². The summed E-state index contributed by atoms with van der Waals surface area (Å²) < 4.78 is 11.2. The fraction of sp³-hybridized carbons (Fsp3) is 0.167. The van der Waals surface area contributed by atoms with Gasteiger partial charge in [-0.1, -0.05) is 66.7 Å². The maximum Gasteiger partial charge on any atom is 0.254 e. The van der Waals surface area contributed by atoms with E-state index in [1.807, 2.05) is 66.7 Å². The van der Waals surface area contributed by atoms with E-state index >= 15 is 0 Å². The third-order valence-electron chi connectivity index (χ3n) is 4.64. The number of carbonyl (C=O) groups is 1. The van der Waals surface area contributed by atoms with Crippen molar-refractivity contribution in [2.75, 3.05) is 7.11 Å². The van der Waals surface area contributed by atoms with E-state index in [1.165, 1.54) is 7.11 Å². The lowest BCUT2D eigenvalue weighted by molar-refractivity contribution is -0.131. The number of ether oxygens (including phenoxy) is 2. The van der Waals surface area contributed by atoms with Crippen molar-refractivity contribution in [3.05, 3.63) is 101 Å². The van der Waals surface area contributed by atoms with Crippen LogP contribution in [0.2, 0.25) is 0 Å². The zero-order valence-corrected chi connectivity index (χ0v) is 16.8. The molecule has 0 spiro atoms. The number of hydrogen-bond acceptors (Lipinski definition) is 4.